The van der Waals surface area contributed by atoms with Gasteiger partial charge in [-0.15, -0.1) is 0 Å². The lowest BCUT2D eigenvalue weighted by Crippen LogP contribution is -2.21. The van der Waals surface area contributed by atoms with Crippen LogP contribution in [0.1, 0.15) is 39.9 Å². The number of esters is 1. The molecule has 1 heterocycles. The molecule has 0 fully saturated rings. The monoisotopic (exact) mass is 548 g/mol. The smallest absolute Gasteiger partial charge is 0.343 e. The summed E-state index contributed by atoms with van der Waals surface area (Å²) >= 11 is 0. The fourth-order valence-corrected chi connectivity index (χ4v) is 4.61. The van der Waals surface area contributed by atoms with Gasteiger partial charge in [-0.05, 0) is 54.4 Å². The summed E-state index contributed by atoms with van der Waals surface area (Å²) in [5.41, 5.74) is 9.27. The second kappa shape index (κ2) is 12.2. The number of methoxy groups -OCH3 is 1. The van der Waals surface area contributed by atoms with Crippen LogP contribution in [0.15, 0.2) is 102 Å². The summed E-state index contributed by atoms with van der Waals surface area (Å²) in [6, 6.07) is 29.3. The topological polar surface area (TPSA) is 113 Å². The molecule has 5 rings (SSSR count). The van der Waals surface area contributed by atoms with Gasteiger partial charge in [-0.1, -0.05) is 48.5 Å². The Balaban J connectivity index is 1.42. The molecule has 4 aromatic carbocycles. The first-order valence-corrected chi connectivity index (χ1v) is 13.0. The second-order valence-electron chi connectivity index (χ2n) is 9.16. The molecule has 1 atom stereocenters. The number of nitriles is 1. The highest BCUT2D eigenvalue weighted by atomic mass is 16.5. The lowest BCUT2D eigenvalue weighted by Gasteiger charge is -2.27. The summed E-state index contributed by atoms with van der Waals surface area (Å²) < 4.78 is 28.5. The molecule has 0 bridgehead atoms. The van der Waals surface area contributed by atoms with Crippen LogP contribution in [0.25, 0.3) is 0 Å². The first kappa shape index (κ1) is 27.2. The zero-order valence-corrected chi connectivity index (χ0v) is 22.6. The molecule has 206 valence electrons. The van der Waals surface area contributed by atoms with E-state index < -0.39 is 11.9 Å². The molecule has 4 aromatic rings. The quantitative estimate of drug-likeness (QED) is 0.197. The minimum absolute atomic E-state index is 0.0266. The standard InChI is InChI=1S/C33H28N2O6/c1-3-38-24-11-7-10-23(16-24)33(36)40-25-13-14-26-29(18-25)41-32(35)27(19-34)31(26)22-12-15-28(30(17-22)37-2)39-20-21-8-5-4-6-9-21/h4-18,31H,3,20,35H2,1-2H3. The van der Waals surface area contributed by atoms with Gasteiger partial charge < -0.3 is 29.4 Å². The number of hydrogen-bond acceptors (Lipinski definition) is 8. The highest BCUT2D eigenvalue weighted by Gasteiger charge is 2.32. The highest BCUT2D eigenvalue weighted by molar-refractivity contribution is 5.91. The maximum Gasteiger partial charge on any atom is 0.343 e. The number of ether oxygens (including phenoxy) is 5. The van der Waals surface area contributed by atoms with Crippen molar-refractivity contribution in [3.05, 3.63) is 125 Å². The second-order valence-corrected chi connectivity index (χ2v) is 9.16. The minimum atomic E-state index is -0.545. The van der Waals surface area contributed by atoms with Crippen LogP contribution in [-0.2, 0) is 6.61 Å². The average molecular weight is 549 g/mol. The van der Waals surface area contributed by atoms with Gasteiger partial charge in [-0.3, -0.25) is 0 Å². The maximum absolute atomic E-state index is 12.8. The summed E-state index contributed by atoms with van der Waals surface area (Å²) in [4.78, 5) is 12.8. The van der Waals surface area contributed by atoms with Crippen molar-refractivity contribution in [2.24, 2.45) is 5.73 Å². The van der Waals surface area contributed by atoms with Crippen molar-refractivity contribution < 1.29 is 28.5 Å². The van der Waals surface area contributed by atoms with Gasteiger partial charge in [0.1, 0.15) is 35.5 Å². The third-order valence-electron chi connectivity index (χ3n) is 6.54. The zero-order valence-electron chi connectivity index (χ0n) is 22.6. The van der Waals surface area contributed by atoms with E-state index in [1.807, 2.05) is 55.5 Å². The van der Waals surface area contributed by atoms with Gasteiger partial charge in [0.15, 0.2) is 11.5 Å². The average Bonchev–Trinajstić information content (AvgIpc) is 3.00. The summed E-state index contributed by atoms with van der Waals surface area (Å²) in [7, 11) is 1.56. The van der Waals surface area contributed by atoms with E-state index in [2.05, 4.69) is 6.07 Å². The minimum Gasteiger partial charge on any atom is -0.494 e. The molecule has 0 saturated heterocycles. The summed E-state index contributed by atoms with van der Waals surface area (Å²) in [5, 5.41) is 9.97. The highest BCUT2D eigenvalue weighted by Crippen LogP contribution is 2.45. The summed E-state index contributed by atoms with van der Waals surface area (Å²) in [6.07, 6.45) is 0. The number of nitrogens with two attached hydrogens (primary N) is 1. The van der Waals surface area contributed by atoms with E-state index in [9.17, 15) is 10.1 Å². The van der Waals surface area contributed by atoms with E-state index in [1.165, 1.54) is 0 Å². The van der Waals surface area contributed by atoms with Crippen LogP contribution < -0.4 is 29.4 Å². The number of fused-ring (bicyclic) bond motifs is 1. The van der Waals surface area contributed by atoms with Crippen molar-refractivity contribution in [3.63, 3.8) is 0 Å². The summed E-state index contributed by atoms with van der Waals surface area (Å²) in [5.74, 6) is 1.20. The van der Waals surface area contributed by atoms with Crippen molar-refractivity contribution in [1.82, 2.24) is 0 Å². The SMILES string of the molecule is CCOc1cccc(C(=O)Oc2ccc3c(c2)OC(N)=C(C#N)C3c2ccc(OCc3ccccc3)c(OC)c2)c1. The normalized spacial score (nSPS) is 13.8. The molecule has 8 heteroatoms. The van der Waals surface area contributed by atoms with Crippen LogP contribution in [0, 0.1) is 11.3 Å². The van der Waals surface area contributed by atoms with Gasteiger partial charge in [-0.25, -0.2) is 4.79 Å². The predicted molar refractivity (Wildman–Crippen MR) is 152 cm³/mol. The van der Waals surface area contributed by atoms with Crippen LogP contribution in [0.3, 0.4) is 0 Å². The Kier molecular flexibility index (Phi) is 8.07. The predicted octanol–water partition coefficient (Wildman–Crippen LogP) is 6.11. The zero-order chi connectivity index (χ0) is 28.8. The van der Waals surface area contributed by atoms with E-state index >= 15 is 0 Å². The molecule has 0 saturated carbocycles. The molecule has 2 N–H and O–H groups in total. The molecular formula is C33H28N2O6. The molecular weight excluding hydrogens is 520 g/mol. The molecule has 0 aliphatic carbocycles. The molecule has 0 amide bonds. The Labute approximate surface area is 238 Å². The van der Waals surface area contributed by atoms with Crippen molar-refractivity contribution >= 4 is 5.97 Å². The van der Waals surface area contributed by atoms with Crippen molar-refractivity contribution in [3.8, 4) is 34.8 Å². The van der Waals surface area contributed by atoms with Crippen LogP contribution in [0.4, 0.5) is 0 Å². The summed E-state index contributed by atoms with van der Waals surface area (Å²) in [6.45, 7) is 2.73. The number of rotatable bonds is 9. The van der Waals surface area contributed by atoms with Gasteiger partial charge in [-0.2, -0.15) is 5.26 Å². The van der Waals surface area contributed by atoms with Crippen molar-refractivity contribution in [2.45, 2.75) is 19.4 Å². The molecule has 0 aromatic heterocycles. The first-order chi connectivity index (χ1) is 20.0. The van der Waals surface area contributed by atoms with E-state index in [0.29, 0.717) is 47.3 Å². The lowest BCUT2D eigenvalue weighted by atomic mass is 9.83. The first-order valence-electron chi connectivity index (χ1n) is 13.0. The number of carbonyl (C=O) groups excluding carboxylic acids is 1. The number of allylic oxidation sites excluding steroid dienone is 1. The third kappa shape index (κ3) is 5.94. The van der Waals surface area contributed by atoms with Gasteiger partial charge in [0.05, 0.1) is 25.2 Å². The Morgan fingerprint density at radius 3 is 2.51 bits per heavy atom. The number of nitrogens with zero attached hydrogens (tertiary/aromatic N) is 1. The van der Waals surface area contributed by atoms with Crippen LogP contribution in [-0.4, -0.2) is 19.7 Å². The van der Waals surface area contributed by atoms with Crippen LogP contribution >= 0.6 is 0 Å². The molecule has 8 nitrogen and oxygen atoms in total. The Morgan fingerprint density at radius 1 is 0.927 bits per heavy atom. The molecule has 41 heavy (non-hydrogen) atoms. The third-order valence-corrected chi connectivity index (χ3v) is 6.54. The molecule has 0 spiro atoms. The van der Waals surface area contributed by atoms with Crippen LogP contribution in [0.2, 0.25) is 0 Å². The Hall–Kier alpha value is -5.42. The van der Waals surface area contributed by atoms with Crippen molar-refractivity contribution in [1.29, 1.82) is 5.26 Å². The van der Waals surface area contributed by atoms with Crippen LogP contribution in [0.5, 0.6) is 28.7 Å². The van der Waals surface area contributed by atoms with Gasteiger partial charge >= 0.3 is 5.97 Å². The molecule has 1 unspecified atom stereocenters. The number of carbonyl (C=O) groups is 1. The van der Waals surface area contributed by atoms with E-state index in [1.54, 1.807) is 49.6 Å². The molecule has 0 radical (unpaired) electrons. The largest absolute Gasteiger partial charge is 0.494 e. The van der Waals surface area contributed by atoms with Crippen molar-refractivity contribution in [2.75, 3.05) is 13.7 Å². The Bertz CT molecular complexity index is 1640. The maximum atomic E-state index is 12.8. The fraction of sp³-hybridized carbons (Fsp3) is 0.152. The number of benzene rings is 4. The van der Waals surface area contributed by atoms with Gasteiger partial charge in [0.25, 0.3) is 0 Å². The molecule has 1 aliphatic heterocycles. The van der Waals surface area contributed by atoms with E-state index in [0.717, 1.165) is 11.1 Å². The van der Waals surface area contributed by atoms with Gasteiger partial charge in [0.2, 0.25) is 5.88 Å². The van der Waals surface area contributed by atoms with E-state index in [-0.39, 0.29) is 17.2 Å². The molecule has 1 aliphatic rings. The Morgan fingerprint density at radius 2 is 1.76 bits per heavy atom. The number of hydrogen-bond donors (Lipinski definition) is 1. The van der Waals surface area contributed by atoms with Gasteiger partial charge in [0, 0.05) is 11.6 Å². The fourth-order valence-electron chi connectivity index (χ4n) is 4.61. The lowest BCUT2D eigenvalue weighted by molar-refractivity contribution is 0.0734. The van der Waals surface area contributed by atoms with E-state index in [4.69, 9.17) is 29.4 Å².